The lowest BCUT2D eigenvalue weighted by Gasteiger charge is -2.13. The molecule has 1 saturated carbocycles. The fourth-order valence-electron chi connectivity index (χ4n) is 2.11. The van der Waals surface area contributed by atoms with Crippen molar-refractivity contribution in [2.75, 3.05) is 26.9 Å². The summed E-state index contributed by atoms with van der Waals surface area (Å²) < 4.78 is 0. The first-order chi connectivity index (χ1) is 7.63. The van der Waals surface area contributed by atoms with E-state index < -0.39 is 0 Å². The Morgan fingerprint density at radius 3 is 2.75 bits per heavy atom. The molecular weight excluding hydrogens is 220 g/mol. The van der Waals surface area contributed by atoms with E-state index >= 15 is 0 Å². The lowest BCUT2D eigenvalue weighted by molar-refractivity contribution is -0.128. The van der Waals surface area contributed by atoms with Gasteiger partial charge in [0, 0.05) is 31.8 Å². The average Bonchev–Trinajstić information content (AvgIpc) is 2.71. The van der Waals surface area contributed by atoms with Gasteiger partial charge >= 0.3 is 0 Å². The van der Waals surface area contributed by atoms with Crippen molar-refractivity contribution in [3.05, 3.63) is 0 Å². The highest BCUT2D eigenvalue weighted by atomic mass is 32.2. The van der Waals surface area contributed by atoms with Gasteiger partial charge in [-0.2, -0.15) is 11.8 Å². The maximum Gasteiger partial charge on any atom is 0.222 e. The maximum absolute atomic E-state index is 11.3. The van der Waals surface area contributed by atoms with Crippen molar-refractivity contribution in [2.45, 2.75) is 43.4 Å². The highest BCUT2D eigenvalue weighted by molar-refractivity contribution is 7.99. The van der Waals surface area contributed by atoms with Gasteiger partial charge in [0.05, 0.1) is 0 Å². The van der Waals surface area contributed by atoms with Gasteiger partial charge in [0.25, 0.3) is 0 Å². The number of carbonyl (C=O) groups is 1. The molecule has 0 saturated heterocycles. The Balaban J connectivity index is 2.02. The minimum absolute atomic E-state index is 0.232. The minimum Gasteiger partial charge on any atom is -0.349 e. The van der Waals surface area contributed by atoms with Crippen LogP contribution in [0, 0.1) is 0 Å². The number of amides is 1. The van der Waals surface area contributed by atoms with Gasteiger partial charge in [-0.05, 0) is 38.5 Å². The van der Waals surface area contributed by atoms with E-state index in [2.05, 4.69) is 11.6 Å². The van der Waals surface area contributed by atoms with E-state index in [9.17, 15) is 4.79 Å². The van der Waals surface area contributed by atoms with Crippen molar-refractivity contribution < 1.29 is 4.79 Å². The van der Waals surface area contributed by atoms with Crippen LogP contribution in [0.25, 0.3) is 0 Å². The summed E-state index contributed by atoms with van der Waals surface area (Å²) in [6.07, 6.45) is 7.75. The molecule has 0 aromatic rings. The second kappa shape index (κ2) is 7.17. The van der Waals surface area contributed by atoms with Crippen LogP contribution in [-0.2, 0) is 4.79 Å². The summed E-state index contributed by atoms with van der Waals surface area (Å²) in [5.41, 5.74) is 0. The smallest absolute Gasteiger partial charge is 0.222 e. The molecule has 1 rings (SSSR count). The quantitative estimate of drug-likeness (QED) is 0.722. The van der Waals surface area contributed by atoms with E-state index in [-0.39, 0.29) is 5.91 Å². The second-order valence-electron chi connectivity index (χ2n) is 4.71. The molecule has 2 atom stereocenters. The standard InChI is InChI=1S/C12H24N2OS/c1-14(2)12(15)5-4-8-13-10-6-7-11(9-10)16-3/h10-11,13H,4-9H2,1-3H3. The van der Waals surface area contributed by atoms with Gasteiger partial charge in [-0.25, -0.2) is 0 Å². The minimum atomic E-state index is 0.232. The zero-order chi connectivity index (χ0) is 12.0. The molecule has 0 aromatic carbocycles. The molecule has 0 aromatic heterocycles. The highest BCUT2D eigenvalue weighted by Crippen LogP contribution is 2.27. The third-order valence-electron chi connectivity index (χ3n) is 3.22. The Morgan fingerprint density at radius 2 is 2.19 bits per heavy atom. The number of thioether (sulfide) groups is 1. The van der Waals surface area contributed by atoms with Crippen LogP contribution in [0.5, 0.6) is 0 Å². The Labute approximate surface area is 103 Å². The van der Waals surface area contributed by atoms with Crippen LogP contribution in [0.15, 0.2) is 0 Å². The summed E-state index contributed by atoms with van der Waals surface area (Å²) in [4.78, 5) is 13.0. The topological polar surface area (TPSA) is 32.3 Å². The van der Waals surface area contributed by atoms with E-state index in [0.717, 1.165) is 18.2 Å². The first-order valence-corrected chi connectivity index (χ1v) is 7.38. The van der Waals surface area contributed by atoms with E-state index in [0.29, 0.717) is 12.5 Å². The number of carbonyl (C=O) groups excluding carboxylic acids is 1. The highest BCUT2D eigenvalue weighted by Gasteiger charge is 2.22. The number of nitrogens with one attached hydrogen (secondary N) is 1. The van der Waals surface area contributed by atoms with Crippen molar-refractivity contribution in [2.24, 2.45) is 0 Å². The van der Waals surface area contributed by atoms with Gasteiger partial charge in [0.1, 0.15) is 0 Å². The fraction of sp³-hybridized carbons (Fsp3) is 0.917. The molecule has 1 amide bonds. The van der Waals surface area contributed by atoms with Crippen LogP contribution in [-0.4, -0.2) is 49.0 Å². The molecule has 16 heavy (non-hydrogen) atoms. The molecule has 1 aliphatic rings. The Kier molecular flexibility index (Phi) is 6.21. The molecule has 0 bridgehead atoms. The Bertz CT molecular complexity index is 221. The largest absolute Gasteiger partial charge is 0.349 e. The van der Waals surface area contributed by atoms with E-state index in [1.165, 1.54) is 19.3 Å². The van der Waals surface area contributed by atoms with Crippen LogP contribution in [0.1, 0.15) is 32.1 Å². The molecule has 94 valence electrons. The lowest BCUT2D eigenvalue weighted by Crippen LogP contribution is -2.29. The molecular formula is C12H24N2OS. The molecule has 3 nitrogen and oxygen atoms in total. The number of hydrogen-bond donors (Lipinski definition) is 1. The Morgan fingerprint density at radius 1 is 1.44 bits per heavy atom. The van der Waals surface area contributed by atoms with E-state index in [1.807, 2.05) is 25.9 Å². The van der Waals surface area contributed by atoms with Crippen molar-refractivity contribution in [3.8, 4) is 0 Å². The first kappa shape index (κ1) is 13.8. The summed E-state index contributed by atoms with van der Waals surface area (Å²) in [5, 5.41) is 4.40. The number of rotatable bonds is 6. The summed E-state index contributed by atoms with van der Waals surface area (Å²) in [6, 6.07) is 0.687. The SMILES string of the molecule is CSC1CCC(NCCCC(=O)N(C)C)C1. The first-order valence-electron chi connectivity index (χ1n) is 6.09. The predicted octanol–water partition coefficient (Wildman–Crippen LogP) is 1.73. The molecule has 1 N–H and O–H groups in total. The third-order valence-corrected chi connectivity index (χ3v) is 4.31. The fourth-order valence-corrected chi connectivity index (χ4v) is 2.91. The monoisotopic (exact) mass is 244 g/mol. The van der Waals surface area contributed by atoms with Gasteiger partial charge in [-0.3, -0.25) is 4.79 Å². The van der Waals surface area contributed by atoms with Crippen LogP contribution >= 0.6 is 11.8 Å². The van der Waals surface area contributed by atoms with Crippen LogP contribution in [0.4, 0.5) is 0 Å². The van der Waals surface area contributed by atoms with Gasteiger partial charge in [0.2, 0.25) is 5.91 Å². The average molecular weight is 244 g/mol. The zero-order valence-corrected chi connectivity index (χ0v) is 11.5. The van der Waals surface area contributed by atoms with Gasteiger partial charge < -0.3 is 10.2 Å². The molecule has 1 aliphatic carbocycles. The molecule has 0 aliphatic heterocycles. The van der Waals surface area contributed by atoms with Crippen molar-refractivity contribution in [1.29, 1.82) is 0 Å². The van der Waals surface area contributed by atoms with Crippen LogP contribution < -0.4 is 5.32 Å². The molecule has 0 spiro atoms. The predicted molar refractivity (Wildman–Crippen MR) is 70.9 cm³/mol. The maximum atomic E-state index is 11.3. The summed E-state index contributed by atoms with van der Waals surface area (Å²) >= 11 is 1.98. The van der Waals surface area contributed by atoms with Crippen LogP contribution in [0.2, 0.25) is 0 Å². The van der Waals surface area contributed by atoms with E-state index in [4.69, 9.17) is 0 Å². The van der Waals surface area contributed by atoms with E-state index in [1.54, 1.807) is 4.90 Å². The number of hydrogen-bond acceptors (Lipinski definition) is 3. The molecule has 4 heteroatoms. The molecule has 1 fully saturated rings. The summed E-state index contributed by atoms with van der Waals surface area (Å²) in [6.45, 7) is 0.978. The van der Waals surface area contributed by atoms with Gasteiger partial charge in [-0.1, -0.05) is 0 Å². The van der Waals surface area contributed by atoms with Crippen molar-refractivity contribution in [3.63, 3.8) is 0 Å². The van der Waals surface area contributed by atoms with Crippen molar-refractivity contribution >= 4 is 17.7 Å². The number of nitrogens with zero attached hydrogens (tertiary/aromatic N) is 1. The van der Waals surface area contributed by atoms with Gasteiger partial charge in [0.15, 0.2) is 0 Å². The lowest BCUT2D eigenvalue weighted by atomic mass is 10.2. The summed E-state index contributed by atoms with van der Waals surface area (Å²) in [7, 11) is 3.63. The third kappa shape index (κ3) is 4.74. The Hall–Kier alpha value is -0.220. The van der Waals surface area contributed by atoms with Gasteiger partial charge in [-0.15, -0.1) is 0 Å². The normalized spacial score (nSPS) is 24.7. The van der Waals surface area contributed by atoms with Crippen LogP contribution in [0.3, 0.4) is 0 Å². The summed E-state index contributed by atoms with van der Waals surface area (Å²) in [5.74, 6) is 0.232. The zero-order valence-electron chi connectivity index (χ0n) is 10.7. The second-order valence-corrected chi connectivity index (χ2v) is 5.85. The molecule has 0 heterocycles. The van der Waals surface area contributed by atoms with Crippen molar-refractivity contribution in [1.82, 2.24) is 10.2 Å². The molecule has 2 unspecified atom stereocenters. The molecule has 0 radical (unpaired) electrons.